The topological polar surface area (TPSA) is 71.3 Å². The summed E-state index contributed by atoms with van der Waals surface area (Å²) in [6.45, 7) is 1.93. The van der Waals surface area contributed by atoms with Crippen molar-refractivity contribution >= 4 is 11.5 Å². The van der Waals surface area contributed by atoms with E-state index in [0.717, 1.165) is 13.1 Å². The molecule has 0 aliphatic heterocycles. The fourth-order valence-corrected chi connectivity index (χ4v) is 3.06. The predicted octanol–water partition coefficient (Wildman–Crippen LogP) is 2.52. The molecule has 0 amide bonds. The first-order chi connectivity index (χ1) is 9.51. The van der Waals surface area contributed by atoms with Gasteiger partial charge in [0.2, 0.25) is 0 Å². The lowest BCUT2D eigenvalue weighted by Gasteiger charge is -2.32. The molecule has 110 valence electrons. The Kier molecular flexibility index (Phi) is 4.54. The fraction of sp³-hybridized carbons (Fsp3) is 0.643. The zero-order chi connectivity index (χ0) is 14.6. The maximum Gasteiger partial charge on any atom is 0.287 e. The highest BCUT2D eigenvalue weighted by Gasteiger charge is 2.34. The van der Waals surface area contributed by atoms with E-state index in [4.69, 9.17) is 0 Å². The van der Waals surface area contributed by atoms with Crippen molar-refractivity contribution in [1.82, 2.24) is 9.88 Å². The average Bonchev–Trinajstić information content (AvgIpc) is 2.85. The second kappa shape index (κ2) is 6.17. The second-order valence-electron chi connectivity index (χ2n) is 5.96. The number of rotatable bonds is 6. The van der Waals surface area contributed by atoms with Crippen molar-refractivity contribution in [3.63, 3.8) is 0 Å². The smallest absolute Gasteiger partial charge is 0.287 e. The van der Waals surface area contributed by atoms with Gasteiger partial charge in [0.25, 0.3) is 5.69 Å². The molecule has 0 spiro atoms. The minimum Gasteiger partial charge on any atom is -0.369 e. The molecule has 0 atom stereocenters. The molecular formula is C14H22N4O2. The number of nitro groups is 1. The molecule has 0 saturated heterocycles. The molecule has 0 unspecified atom stereocenters. The Morgan fingerprint density at radius 3 is 2.60 bits per heavy atom. The van der Waals surface area contributed by atoms with Crippen LogP contribution in [0.15, 0.2) is 18.3 Å². The van der Waals surface area contributed by atoms with Gasteiger partial charge < -0.3 is 10.2 Å². The van der Waals surface area contributed by atoms with E-state index in [0.29, 0.717) is 11.2 Å². The van der Waals surface area contributed by atoms with Gasteiger partial charge in [0.05, 0.1) is 4.92 Å². The van der Waals surface area contributed by atoms with Gasteiger partial charge in [-0.1, -0.05) is 12.8 Å². The molecule has 2 rings (SSSR count). The van der Waals surface area contributed by atoms with Crippen molar-refractivity contribution in [2.45, 2.75) is 25.7 Å². The van der Waals surface area contributed by atoms with Crippen LogP contribution in [0.5, 0.6) is 0 Å². The Bertz CT molecular complexity index is 453. The molecule has 6 heteroatoms. The molecule has 20 heavy (non-hydrogen) atoms. The summed E-state index contributed by atoms with van der Waals surface area (Å²) in [6, 6.07) is 3.17. The summed E-state index contributed by atoms with van der Waals surface area (Å²) >= 11 is 0. The van der Waals surface area contributed by atoms with Crippen LogP contribution in [0.4, 0.5) is 11.5 Å². The Hall–Kier alpha value is -1.69. The first kappa shape index (κ1) is 14.7. The van der Waals surface area contributed by atoms with E-state index in [2.05, 4.69) is 29.3 Å². The number of hydrogen-bond acceptors (Lipinski definition) is 5. The van der Waals surface area contributed by atoms with Crippen LogP contribution >= 0.6 is 0 Å². The van der Waals surface area contributed by atoms with Crippen LogP contribution in [-0.4, -0.2) is 42.0 Å². The Morgan fingerprint density at radius 1 is 1.40 bits per heavy atom. The van der Waals surface area contributed by atoms with E-state index in [1.54, 1.807) is 6.07 Å². The van der Waals surface area contributed by atoms with Crippen LogP contribution in [0.1, 0.15) is 25.7 Å². The molecule has 1 aromatic heterocycles. The summed E-state index contributed by atoms with van der Waals surface area (Å²) < 4.78 is 0. The molecule has 1 heterocycles. The first-order valence-corrected chi connectivity index (χ1v) is 7.00. The second-order valence-corrected chi connectivity index (χ2v) is 5.96. The number of aromatic nitrogens is 1. The van der Waals surface area contributed by atoms with Crippen molar-refractivity contribution in [2.24, 2.45) is 5.41 Å². The molecule has 1 aliphatic carbocycles. The molecule has 0 aromatic carbocycles. The third kappa shape index (κ3) is 3.66. The normalized spacial score (nSPS) is 17.4. The minimum absolute atomic E-state index is 0.0272. The zero-order valence-corrected chi connectivity index (χ0v) is 12.1. The average molecular weight is 278 g/mol. The Labute approximate surface area is 119 Å². The number of hydrogen-bond donors (Lipinski definition) is 1. The highest BCUT2D eigenvalue weighted by atomic mass is 16.6. The van der Waals surface area contributed by atoms with Gasteiger partial charge in [-0.2, -0.15) is 0 Å². The van der Waals surface area contributed by atoms with Crippen LogP contribution in [0.2, 0.25) is 0 Å². The highest BCUT2D eigenvalue weighted by molar-refractivity contribution is 5.40. The monoisotopic (exact) mass is 278 g/mol. The molecule has 1 N–H and O–H groups in total. The van der Waals surface area contributed by atoms with Gasteiger partial charge >= 0.3 is 0 Å². The minimum atomic E-state index is -0.429. The predicted molar refractivity (Wildman–Crippen MR) is 78.8 cm³/mol. The van der Waals surface area contributed by atoms with Gasteiger partial charge in [-0.05, 0) is 33.0 Å². The van der Waals surface area contributed by atoms with Gasteiger partial charge in [-0.15, -0.1) is 0 Å². The summed E-state index contributed by atoms with van der Waals surface area (Å²) in [5, 5.41) is 13.9. The van der Waals surface area contributed by atoms with Crippen molar-refractivity contribution < 1.29 is 4.92 Å². The molecule has 1 saturated carbocycles. The van der Waals surface area contributed by atoms with E-state index in [-0.39, 0.29) is 5.69 Å². The number of pyridine rings is 1. The van der Waals surface area contributed by atoms with E-state index in [1.807, 2.05) is 0 Å². The lowest BCUT2D eigenvalue weighted by molar-refractivity contribution is -0.385. The molecular weight excluding hydrogens is 256 g/mol. The molecule has 6 nitrogen and oxygen atoms in total. The van der Waals surface area contributed by atoms with Crippen LogP contribution in [0, 0.1) is 15.5 Å². The third-order valence-corrected chi connectivity index (χ3v) is 3.92. The Balaban J connectivity index is 1.97. The largest absolute Gasteiger partial charge is 0.369 e. The highest BCUT2D eigenvalue weighted by Crippen LogP contribution is 2.38. The lowest BCUT2D eigenvalue weighted by Crippen LogP contribution is -2.37. The van der Waals surface area contributed by atoms with Crippen LogP contribution in [0.3, 0.4) is 0 Å². The van der Waals surface area contributed by atoms with Crippen molar-refractivity contribution in [2.75, 3.05) is 32.5 Å². The zero-order valence-electron chi connectivity index (χ0n) is 12.1. The third-order valence-electron chi connectivity index (χ3n) is 3.92. The van der Waals surface area contributed by atoms with Crippen molar-refractivity contribution in [3.05, 3.63) is 28.4 Å². The SMILES string of the molecule is CN(C)CC1(CNc2ccc([N+](=O)[O-])cn2)CCCC1. The van der Waals surface area contributed by atoms with Crippen molar-refractivity contribution in [3.8, 4) is 0 Å². The maximum atomic E-state index is 10.6. The van der Waals surface area contributed by atoms with Crippen LogP contribution in [0.25, 0.3) is 0 Å². The fourth-order valence-electron chi connectivity index (χ4n) is 3.06. The summed E-state index contributed by atoms with van der Waals surface area (Å²) in [7, 11) is 4.20. The first-order valence-electron chi connectivity index (χ1n) is 7.00. The lowest BCUT2D eigenvalue weighted by atomic mass is 9.85. The molecule has 0 bridgehead atoms. The van der Waals surface area contributed by atoms with Gasteiger partial charge in [0, 0.05) is 24.6 Å². The summed E-state index contributed by atoms with van der Waals surface area (Å²) in [5.74, 6) is 0.709. The maximum absolute atomic E-state index is 10.6. The Morgan fingerprint density at radius 2 is 2.10 bits per heavy atom. The standard InChI is InChI=1S/C14H22N4O2/c1-17(2)11-14(7-3-4-8-14)10-16-13-6-5-12(9-15-13)18(19)20/h5-6,9H,3-4,7-8,10-11H2,1-2H3,(H,15,16). The summed E-state index contributed by atoms with van der Waals surface area (Å²) in [5.41, 5.74) is 0.326. The van der Waals surface area contributed by atoms with Crippen LogP contribution in [-0.2, 0) is 0 Å². The molecule has 1 aliphatic rings. The van der Waals surface area contributed by atoms with E-state index >= 15 is 0 Å². The number of anilines is 1. The van der Waals surface area contributed by atoms with Crippen molar-refractivity contribution in [1.29, 1.82) is 0 Å². The van der Waals surface area contributed by atoms with E-state index < -0.39 is 4.92 Å². The van der Waals surface area contributed by atoms with E-state index in [1.165, 1.54) is 37.9 Å². The van der Waals surface area contributed by atoms with Gasteiger partial charge in [-0.25, -0.2) is 4.98 Å². The number of nitrogens with zero attached hydrogens (tertiary/aromatic N) is 3. The van der Waals surface area contributed by atoms with Gasteiger partial charge in [-0.3, -0.25) is 10.1 Å². The summed E-state index contributed by atoms with van der Waals surface area (Å²) in [4.78, 5) is 16.5. The molecule has 1 aromatic rings. The van der Waals surface area contributed by atoms with Gasteiger partial charge in [0.1, 0.15) is 12.0 Å². The quantitative estimate of drug-likeness (QED) is 0.639. The van der Waals surface area contributed by atoms with Gasteiger partial charge in [0.15, 0.2) is 0 Å². The van der Waals surface area contributed by atoms with E-state index in [9.17, 15) is 10.1 Å². The summed E-state index contributed by atoms with van der Waals surface area (Å²) in [6.07, 6.45) is 6.32. The molecule has 1 fully saturated rings. The molecule has 0 radical (unpaired) electrons. The number of nitrogens with one attached hydrogen (secondary N) is 1. The van der Waals surface area contributed by atoms with Crippen LogP contribution < -0.4 is 5.32 Å².